The number of carbonyl (C=O) groups is 1. The molecular weight excluding hydrogens is 651 g/mol. The number of carbonyl (C=O) groups excluding carboxylic acids is 1. The van der Waals surface area contributed by atoms with Gasteiger partial charge < -0.3 is 0 Å². The third kappa shape index (κ3) is 5.19. The minimum atomic E-state index is -4.32. The fourth-order valence-corrected chi connectivity index (χ4v) is 9.09. The summed E-state index contributed by atoms with van der Waals surface area (Å²) in [5.41, 5.74) is 3.62. The molecule has 4 aliphatic carbocycles. The number of halogens is 5. The second-order valence-corrected chi connectivity index (χ2v) is 14.3. The SMILES string of the molecule is CNN(C1=C2C[C@@]3(C[C@@H](N(CCF)S(=O)(=O)c4ccc(F)cc4)CCC3=C1)C(=O)c1cc(ccn1)C(F)(F)C1=C2C1)c1ccc(F)cc1. The monoisotopic (exact) mass is 682 g/mol. The summed E-state index contributed by atoms with van der Waals surface area (Å²) in [5.74, 6) is -4.98. The molecule has 3 aromatic rings. The van der Waals surface area contributed by atoms with Crippen molar-refractivity contribution in [1.29, 1.82) is 0 Å². The van der Waals surface area contributed by atoms with Crippen molar-refractivity contribution in [2.24, 2.45) is 5.41 Å². The Balaban J connectivity index is 1.40. The minimum Gasteiger partial charge on any atom is -0.291 e. The van der Waals surface area contributed by atoms with Crippen molar-refractivity contribution in [2.75, 3.05) is 25.3 Å². The van der Waals surface area contributed by atoms with Crippen LogP contribution in [-0.2, 0) is 15.9 Å². The van der Waals surface area contributed by atoms with Crippen LogP contribution in [0, 0.1) is 17.0 Å². The van der Waals surface area contributed by atoms with Gasteiger partial charge in [-0.2, -0.15) is 13.1 Å². The highest BCUT2D eigenvalue weighted by atomic mass is 32.2. The molecule has 2 atom stereocenters. The lowest BCUT2D eigenvalue weighted by Crippen LogP contribution is -2.51. The quantitative estimate of drug-likeness (QED) is 0.209. The molecule has 48 heavy (non-hydrogen) atoms. The van der Waals surface area contributed by atoms with E-state index in [1.54, 1.807) is 30.3 Å². The molecule has 1 saturated carbocycles. The average Bonchev–Trinajstić information content (AvgIpc) is 3.89. The van der Waals surface area contributed by atoms with Crippen LogP contribution in [0.2, 0.25) is 0 Å². The van der Waals surface area contributed by atoms with Gasteiger partial charge in [-0.05, 0) is 104 Å². The zero-order valence-electron chi connectivity index (χ0n) is 25.8. The molecule has 1 spiro atoms. The van der Waals surface area contributed by atoms with Crippen molar-refractivity contribution < 1.29 is 35.2 Å². The van der Waals surface area contributed by atoms with E-state index in [0.29, 0.717) is 28.1 Å². The molecule has 2 aromatic carbocycles. The summed E-state index contributed by atoms with van der Waals surface area (Å²) >= 11 is 0. The van der Waals surface area contributed by atoms with E-state index in [1.165, 1.54) is 24.4 Å². The molecule has 0 saturated heterocycles. The predicted octanol–water partition coefficient (Wildman–Crippen LogP) is 6.77. The van der Waals surface area contributed by atoms with Gasteiger partial charge in [0.15, 0.2) is 5.78 Å². The maximum absolute atomic E-state index is 15.9. The maximum Gasteiger partial charge on any atom is 0.295 e. The molecule has 1 heterocycles. The summed E-state index contributed by atoms with van der Waals surface area (Å²) in [6.07, 6.45) is 3.33. The second kappa shape index (κ2) is 11.7. The number of rotatable bonds is 8. The Kier molecular flexibility index (Phi) is 7.92. The first-order valence-electron chi connectivity index (χ1n) is 15.5. The van der Waals surface area contributed by atoms with Crippen molar-refractivity contribution >= 4 is 21.5 Å². The molecular formula is C35H31F5N4O3S. The third-order valence-electron chi connectivity index (χ3n) is 9.85. The number of benzene rings is 2. The van der Waals surface area contributed by atoms with Gasteiger partial charge in [-0.1, -0.05) is 5.57 Å². The highest BCUT2D eigenvalue weighted by molar-refractivity contribution is 7.89. The normalized spacial score (nSPS) is 23.0. The second-order valence-electron chi connectivity index (χ2n) is 12.5. The molecule has 4 aliphatic rings. The molecule has 0 amide bonds. The van der Waals surface area contributed by atoms with Crippen molar-refractivity contribution in [3.63, 3.8) is 0 Å². The number of Topliss-reactive ketones (excluding diaryl/α,β-unsaturated/α-hetero) is 1. The Labute approximate surface area is 274 Å². The highest BCUT2D eigenvalue weighted by Gasteiger charge is 2.56. The number of nitrogens with one attached hydrogen (secondary N) is 1. The molecule has 0 unspecified atom stereocenters. The number of sulfonamides is 1. The Morgan fingerprint density at radius 1 is 1.00 bits per heavy atom. The van der Waals surface area contributed by atoms with Gasteiger partial charge in [-0.3, -0.25) is 14.8 Å². The van der Waals surface area contributed by atoms with Crippen LogP contribution < -0.4 is 10.4 Å². The van der Waals surface area contributed by atoms with Gasteiger partial charge in [-0.25, -0.2) is 27.0 Å². The summed E-state index contributed by atoms with van der Waals surface area (Å²) in [4.78, 5) is 18.7. The Hall–Kier alpha value is -4.20. The standard InChI is InChI=1S/C35H31F5N4O3S/c1-41-44(25-8-3-23(37)4-9-25)32-17-21-2-7-26(43(15-13-36)48(46,47)27-10-5-24(38)6-11-27)19-34(21)20-29(32)28-18-30(28)35(39,40)22-12-14-42-31(16-22)33(34)45/h3-6,8-12,14,16-17,26,41H,2,7,13,15,18-20H2,1H3/t26-,34+/m0/s1. The summed E-state index contributed by atoms with van der Waals surface area (Å²) in [5, 5.41) is 1.65. The number of hydrazine groups is 1. The molecule has 7 rings (SSSR count). The number of pyridine rings is 1. The number of nitrogens with zero attached hydrogens (tertiary/aromatic N) is 3. The fourth-order valence-electron chi connectivity index (χ4n) is 7.46. The maximum atomic E-state index is 15.9. The number of ketones is 1. The van der Waals surface area contributed by atoms with Crippen LogP contribution in [-0.4, -0.2) is 49.8 Å². The van der Waals surface area contributed by atoms with Crippen LogP contribution in [0.1, 0.15) is 48.2 Å². The number of allylic oxidation sites excluding steroid dienone is 5. The van der Waals surface area contributed by atoms with Gasteiger partial charge in [0.25, 0.3) is 5.92 Å². The predicted molar refractivity (Wildman–Crippen MR) is 168 cm³/mol. The van der Waals surface area contributed by atoms with E-state index < -0.39 is 58.0 Å². The molecule has 0 aliphatic heterocycles. The lowest BCUT2D eigenvalue weighted by molar-refractivity contribution is 0.0423. The van der Waals surface area contributed by atoms with Crippen molar-refractivity contribution in [2.45, 2.75) is 49.0 Å². The number of hydrogen-bond acceptors (Lipinski definition) is 6. The van der Waals surface area contributed by atoms with E-state index in [2.05, 4.69) is 10.4 Å². The van der Waals surface area contributed by atoms with Gasteiger partial charge in [0.2, 0.25) is 10.0 Å². The third-order valence-corrected chi connectivity index (χ3v) is 11.8. The first kappa shape index (κ1) is 32.4. The summed E-state index contributed by atoms with van der Waals surface area (Å²) in [6.45, 7) is -1.49. The Bertz CT molecular complexity index is 2010. The molecule has 1 N–H and O–H groups in total. The minimum absolute atomic E-state index is 0.00570. The van der Waals surface area contributed by atoms with Crippen molar-refractivity contribution in [3.8, 4) is 0 Å². The lowest BCUT2D eigenvalue weighted by Gasteiger charge is -2.48. The van der Waals surface area contributed by atoms with E-state index in [0.717, 1.165) is 34.6 Å². The van der Waals surface area contributed by atoms with Crippen LogP contribution in [0.4, 0.5) is 27.6 Å². The van der Waals surface area contributed by atoms with E-state index in [-0.39, 0.29) is 53.8 Å². The van der Waals surface area contributed by atoms with Gasteiger partial charge in [-0.15, -0.1) is 0 Å². The van der Waals surface area contributed by atoms with E-state index in [9.17, 15) is 26.4 Å². The van der Waals surface area contributed by atoms with Gasteiger partial charge in [0.05, 0.1) is 21.7 Å². The fraction of sp³-hybridized carbons (Fsp3) is 0.314. The molecule has 1 aromatic heterocycles. The van der Waals surface area contributed by atoms with Crippen LogP contribution in [0.3, 0.4) is 0 Å². The zero-order valence-corrected chi connectivity index (χ0v) is 26.6. The zero-order chi connectivity index (χ0) is 34.0. The topological polar surface area (TPSA) is 82.6 Å². The van der Waals surface area contributed by atoms with Crippen LogP contribution >= 0.6 is 0 Å². The smallest absolute Gasteiger partial charge is 0.291 e. The van der Waals surface area contributed by atoms with E-state index in [4.69, 9.17) is 0 Å². The molecule has 250 valence electrons. The van der Waals surface area contributed by atoms with Crippen molar-refractivity contribution in [3.05, 3.63) is 124 Å². The number of aromatic nitrogens is 1. The average molecular weight is 683 g/mol. The van der Waals surface area contributed by atoms with Crippen LogP contribution in [0.25, 0.3) is 0 Å². The summed E-state index contributed by atoms with van der Waals surface area (Å²) in [6, 6.07) is 11.3. The molecule has 13 heteroatoms. The Morgan fingerprint density at radius 2 is 1.69 bits per heavy atom. The van der Waals surface area contributed by atoms with Crippen LogP contribution in [0.5, 0.6) is 0 Å². The highest BCUT2D eigenvalue weighted by Crippen LogP contribution is 2.60. The molecule has 1 fully saturated rings. The van der Waals surface area contributed by atoms with Gasteiger partial charge in [0, 0.05) is 43.4 Å². The Morgan fingerprint density at radius 3 is 2.35 bits per heavy atom. The molecule has 0 radical (unpaired) electrons. The van der Waals surface area contributed by atoms with Gasteiger partial charge in [0.1, 0.15) is 24.0 Å². The van der Waals surface area contributed by atoms with E-state index >= 15 is 8.78 Å². The van der Waals surface area contributed by atoms with Crippen LogP contribution in [0.15, 0.2) is 106 Å². The summed E-state index contributed by atoms with van der Waals surface area (Å²) in [7, 11) is -2.68. The van der Waals surface area contributed by atoms with Crippen molar-refractivity contribution in [1.82, 2.24) is 14.7 Å². The van der Waals surface area contributed by atoms with Gasteiger partial charge >= 0.3 is 0 Å². The summed E-state index contributed by atoms with van der Waals surface area (Å²) < 4.78 is 102. The first-order valence-corrected chi connectivity index (χ1v) is 17.0. The molecule has 7 nitrogen and oxygen atoms in total. The first-order chi connectivity index (χ1) is 22.9. The number of hydrogen-bond donors (Lipinski definition) is 1. The van der Waals surface area contributed by atoms with E-state index in [1.807, 2.05) is 0 Å². The largest absolute Gasteiger partial charge is 0.295 e. The number of alkyl halides is 3. The lowest BCUT2D eigenvalue weighted by atomic mass is 9.59. The molecule has 4 bridgehead atoms. The number of fused-ring (bicyclic) bond motifs is 4. The number of anilines is 1.